The summed E-state index contributed by atoms with van der Waals surface area (Å²) in [6.45, 7) is 0. The van der Waals surface area contributed by atoms with E-state index in [2.05, 4.69) is 4.74 Å². The fourth-order valence-electron chi connectivity index (χ4n) is 2.27. The lowest BCUT2D eigenvalue weighted by atomic mass is 9.95. The Morgan fingerprint density at radius 2 is 2.06 bits per heavy atom. The van der Waals surface area contributed by atoms with E-state index in [1.165, 1.54) is 7.11 Å². The van der Waals surface area contributed by atoms with Gasteiger partial charge < -0.3 is 4.74 Å². The summed E-state index contributed by atoms with van der Waals surface area (Å²) in [5, 5.41) is 0. The standard InChI is InChI=1S/C14H16O3/c1-17-14(16)9-10-5-7-11(8-6-10)12-3-2-4-13(12)15/h5-8,12H,2-4,9H2,1H3. The van der Waals surface area contributed by atoms with Gasteiger partial charge in [-0.3, -0.25) is 9.59 Å². The summed E-state index contributed by atoms with van der Waals surface area (Å²) in [6, 6.07) is 7.70. The Balaban J connectivity index is 2.07. The molecular weight excluding hydrogens is 216 g/mol. The van der Waals surface area contributed by atoms with Crippen molar-refractivity contribution in [2.75, 3.05) is 7.11 Å². The number of ketones is 1. The molecule has 90 valence electrons. The van der Waals surface area contributed by atoms with Crippen molar-refractivity contribution in [2.24, 2.45) is 0 Å². The van der Waals surface area contributed by atoms with Crippen molar-refractivity contribution in [2.45, 2.75) is 31.6 Å². The lowest BCUT2D eigenvalue weighted by Gasteiger charge is -2.08. The molecule has 1 fully saturated rings. The van der Waals surface area contributed by atoms with Crippen molar-refractivity contribution in [1.82, 2.24) is 0 Å². The monoisotopic (exact) mass is 232 g/mol. The maximum absolute atomic E-state index is 11.6. The van der Waals surface area contributed by atoms with Gasteiger partial charge >= 0.3 is 5.97 Å². The first kappa shape index (κ1) is 11.8. The number of hydrogen-bond acceptors (Lipinski definition) is 3. The first-order valence-electron chi connectivity index (χ1n) is 5.89. The number of carbonyl (C=O) groups is 2. The van der Waals surface area contributed by atoms with Gasteiger partial charge in [-0.15, -0.1) is 0 Å². The van der Waals surface area contributed by atoms with Crippen LogP contribution in [0.1, 0.15) is 36.3 Å². The number of methoxy groups -OCH3 is 1. The molecule has 0 saturated heterocycles. The first-order chi connectivity index (χ1) is 8.20. The Hall–Kier alpha value is -1.64. The number of carbonyl (C=O) groups excluding carboxylic acids is 2. The third-order valence-corrected chi connectivity index (χ3v) is 3.26. The predicted molar refractivity (Wildman–Crippen MR) is 63.8 cm³/mol. The highest BCUT2D eigenvalue weighted by atomic mass is 16.5. The Bertz CT molecular complexity index is 420. The summed E-state index contributed by atoms with van der Waals surface area (Å²) in [5.74, 6) is 0.169. The molecule has 0 heterocycles. The number of Topliss-reactive ketones (excluding diaryl/α,β-unsaturated/α-hetero) is 1. The van der Waals surface area contributed by atoms with Gasteiger partial charge in [0.15, 0.2) is 0 Å². The average molecular weight is 232 g/mol. The Morgan fingerprint density at radius 3 is 2.59 bits per heavy atom. The molecule has 3 nitrogen and oxygen atoms in total. The van der Waals surface area contributed by atoms with Gasteiger partial charge in [0.25, 0.3) is 0 Å². The molecule has 1 aliphatic carbocycles. The second-order valence-corrected chi connectivity index (χ2v) is 4.41. The minimum Gasteiger partial charge on any atom is -0.469 e. The van der Waals surface area contributed by atoms with Gasteiger partial charge in [-0.25, -0.2) is 0 Å². The van der Waals surface area contributed by atoms with E-state index in [4.69, 9.17) is 0 Å². The van der Waals surface area contributed by atoms with Crippen molar-refractivity contribution in [3.8, 4) is 0 Å². The lowest BCUT2D eigenvalue weighted by Crippen LogP contribution is -2.06. The molecule has 0 spiro atoms. The van der Waals surface area contributed by atoms with Crippen LogP contribution in [0.15, 0.2) is 24.3 Å². The van der Waals surface area contributed by atoms with Gasteiger partial charge in [-0.1, -0.05) is 24.3 Å². The van der Waals surface area contributed by atoms with Crippen molar-refractivity contribution in [3.63, 3.8) is 0 Å². The normalized spacial score (nSPS) is 19.4. The lowest BCUT2D eigenvalue weighted by molar-refractivity contribution is -0.139. The molecule has 0 aromatic heterocycles. The highest BCUT2D eigenvalue weighted by Crippen LogP contribution is 2.31. The second-order valence-electron chi connectivity index (χ2n) is 4.41. The van der Waals surface area contributed by atoms with Crippen molar-refractivity contribution in [3.05, 3.63) is 35.4 Å². The Kier molecular flexibility index (Phi) is 3.57. The second kappa shape index (κ2) is 5.13. The molecule has 1 aliphatic rings. The summed E-state index contributed by atoms with van der Waals surface area (Å²) in [7, 11) is 1.38. The Morgan fingerprint density at radius 1 is 1.35 bits per heavy atom. The van der Waals surface area contributed by atoms with Crippen molar-refractivity contribution >= 4 is 11.8 Å². The molecular formula is C14H16O3. The molecule has 1 unspecified atom stereocenters. The molecule has 1 atom stereocenters. The van der Waals surface area contributed by atoms with Crippen LogP contribution < -0.4 is 0 Å². The maximum Gasteiger partial charge on any atom is 0.309 e. The summed E-state index contributed by atoms with van der Waals surface area (Å²) < 4.78 is 4.61. The van der Waals surface area contributed by atoms with Crippen LogP contribution in [0.25, 0.3) is 0 Å². The minimum absolute atomic E-state index is 0.0715. The summed E-state index contributed by atoms with van der Waals surface area (Å²) >= 11 is 0. The summed E-state index contributed by atoms with van der Waals surface area (Å²) in [4.78, 5) is 22.7. The number of hydrogen-bond donors (Lipinski definition) is 0. The third-order valence-electron chi connectivity index (χ3n) is 3.26. The number of ether oxygens (including phenoxy) is 1. The van der Waals surface area contributed by atoms with Gasteiger partial charge in [0.1, 0.15) is 5.78 Å². The average Bonchev–Trinajstić information content (AvgIpc) is 2.76. The highest BCUT2D eigenvalue weighted by Gasteiger charge is 2.25. The van der Waals surface area contributed by atoms with Crippen LogP contribution in [-0.2, 0) is 20.7 Å². The largest absolute Gasteiger partial charge is 0.469 e. The minimum atomic E-state index is -0.241. The fraction of sp³-hybridized carbons (Fsp3) is 0.429. The van der Waals surface area contributed by atoms with E-state index in [9.17, 15) is 9.59 Å². The van der Waals surface area contributed by atoms with Crippen LogP contribution in [0.3, 0.4) is 0 Å². The molecule has 0 radical (unpaired) electrons. The zero-order valence-electron chi connectivity index (χ0n) is 9.94. The van der Waals surface area contributed by atoms with E-state index in [-0.39, 0.29) is 18.3 Å². The van der Waals surface area contributed by atoms with E-state index in [0.717, 1.165) is 24.0 Å². The Labute approximate surface area is 101 Å². The first-order valence-corrected chi connectivity index (χ1v) is 5.89. The molecule has 0 amide bonds. The summed E-state index contributed by atoms with van der Waals surface area (Å²) in [5.41, 5.74) is 1.99. The van der Waals surface area contributed by atoms with Crippen LogP contribution in [0.5, 0.6) is 0 Å². The molecule has 1 aromatic rings. The van der Waals surface area contributed by atoms with Gasteiger partial charge in [-0.05, 0) is 24.0 Å². The molecule has 3 heteroatoms. The van der Waals surface area contributed by atoms with Crippen LogP contribution >= 0.6 is 0 Å². The van der Waals surface area contributed by atoms with E-state index in [1.54, 1.807) is 0 Å². The van der Waals surface area contributed by atoms with Crippen LogP contribution in [0, 0.1) is 0 Å². The van der Waals surface area contributed by atoms with Gasteiger partial charge in [-0.2, -0.15) is 0 Å². The molecule has 0 N–H and O–H groups in total. The molecule has 1 aromatic carbocycles. The van der Waals surface area contributed by atoms with Crippen LogP contribution in [0.2, 0.25) is 0 Å². The van der Waals surface area contributed by atoms with Crippen molar-refractivity contribution in [1.29, 1.82) is 0 Å². The number of rotatable bonds is 3. The molecule has 0 bridgehead atoms. The topological polar surface area (TPSA) is 43.4 Å². The van der Waals surface area contributed by atoms with Gasteiger partial charge in [0.05, 0.1) is 13.5 Å². The SMILES string of the molecule is COC(=O)Cc1ccc(C2CCCC2=O)cc1. The molecule has 2 rings (SSSR count). The maximum atomic E-state index is 11.6. The fourth-order valence-corrected chi connectivity index (χ4v) is 2.27. The predicted octanol–water partition coefficient (Wildman–Crippen LogP) is 2.24. The van der Waals surface area contributed by atoms with Crippen LogP contribution in [0.4, 0.5) is 0 Å². The van der Waals surface area contributed by atoms with E-state index < -0.39 is 0 Å². The zero-order chi connectivity index (χ0) is 12.3. The quantitative estimate of drug-likeness (QED) is 0.751. The van der Waals surface area contributed by atoms with E-state index in [0.29, 0.717) is 12.2 Å². The van der Waals surface area contributed by atoms with Crippen molar-refractivity contribution < 1.29 is 14.3 Å². The molecule has 17 heavy (non-hydrogen) atoms. The molecule has 0 aliphatic heterocycles. The highest BCUT2D eigenvalue weighted by molar-refractivity contribution is 5.87. The number of benzene rings is 1. The van der Waals surface area contributed by atoms with Gasteiger partial charge in [0.2, 0.25) is 0 Å². The van der Waals surface area contributed by atoms with E-state index >= 15 is 0 Å². The smallest absolute Gasteiger partial charge is 0.309 e. The number of esters is 1. The van der Waals surface area contributed by atoms with Crippen LogP contribution in [-0.4, -0.2) is 18.9 Å². The van der Waals surface area contributed by atoms with E-state index in [1.807, 2.05) is 24.3 Å². The van der Waals surface area contributed by atoms with Gasteiger partial charge in [0, 0.05) is 12.3 Å². The summed E-state index contributed by atoms with van der Waals surface area (Å²) in [6.07, 6.45) is 2.94. The molecule has 1 saturated carbocycles. The third kappa shape index (κ3) is 2.73. The zero-order valence-corrected chi connectivity index (χ0v) is 9.94.